The Labute approximate surface area is 165 Å². The van der Waals surface area contributed by atoms with Crippen molar-refractivity contribution in [3.63, 3.8) is 0 Å². The fraction of sp³-hybridized carbons (Fsp3) is 0.227. The summed E-state index contributed by atoms with van der Waals surface area (Å²) in [7, 11) is 1.64. The summed E-state index contributed by atoms with van der Waals surface area (Å²) in [5.41, 5.74) is 3.90. The minimum Gasteiger partial charge on any atom is -0.496 e. The van der Waals surface area contributed by atoms with Gasteiger partial charge in [-0.05, 0) is 37.1 Å². The number of aromatic nitrogens is 2. The number of hydrogen-bond acceptors (Lipinski definition) is 5. The standard InChI is InChI=1S/C22H24N4O2/c1-4-16-9-5-7-11-18(16)25-21(27)19-13-15(2)24-22(26-19)23-14-17-10-6-8-12-20(17)28-3/h5-13H,4,14H2,1-3H3,(H,25,27)(H,23,24,26). The zero-order valence-corrected chi connectivity index (χ0v) is 16.3. The summed E-state index contributed by atoms with van der Waals surface area (Å²) in [5.74, 6) is 0.934. The van der Waals surface area contributed by atoms with Crippen LogP contribution in [0.1, 0.15) is 34.2 Å². The predicted octanol–water partition coefficient (Wildman–Crippen LogP) is 4.22. The van der Waals surface area contributed by atoms with Gasteiger partial charge < -0.3 is 15.4 Å². The maximum Gasteiger partial charge on any atom is 0.274 e. The highest BCUT2D eigenvalue weighted by atomic mass is 16.5. The zero-order chi connectivity index (χ0) is 19.9. The van der Waals surface area contributed by atoms with Gasteiger partial charge in [0.05, 0.1) is 7.11 Å². The van der Waals surface area contributed by atoms with E-state index < -0.39 is 0 Å². The molecule has 0 atom stereocenters. The van der Waals surface area contributed by atoms with E-state index in [9.17, 15) is 4.79 Å². The summed E-state index contributed by atoms with van der Waals surface area (Å²) < 4.78 is 5.36. The average molecular weight is 376 g/mol. The fourth-order valence-electron chi connectivity index (χ4n) is 2.92. The Balaban J connectivity index is 1.76. The van der Waals surface area contributed by atoms with E-state index in [1.54, 1.807) is 13.2 Å². The number of methoxy groups -OCH3 is 1. The summed E-state index contributed by atoms with van der Waals surface area (Å²) in [5, 5.41) is 6.12. The lowest BCUT2D eigenvalue weighted by Crippen LogP contribution is -2.17. The van der Waals surface area contributed by atoms with Gasteiger partial charge >= 0.3 is 0 Å². The Morgan fingerprint density at radius 3 is 2.50 bits per heavy atom. The average Bonchev–Trinajstić information content (AvgIpc) is 2.72. The number of hydrogen-bond donors (Lipinski definition) is 2. The number of para-hydroxylation sites is 2. The largest absolute Gasteiger partial charge is 0.496 e. The molecule has 1 aromatic heterocycles. The molecule has 3 aromatic rings. The third-order valence-corrected chi connectivity index (χ3v) is 4.36. The minimum atomic E-state index is -0.258. The topological polar surface area (TPSA) is 76.1 Å². The maximum atomic E-state index is 12.7. The number of carbonyl (C=O) groups excluding carboxylic acids is 1. The van der Waals surface area contributed by atoms with Crippen LogP contribution in [0.3, 0.4) is 0 Å². The molecule has 6 heteroatoms. The molecule has 0 aliphatic carbocycles. The molecular formula is C22H24N4O2. The first kappa shape index (κ1) is 19.4. The van der Waals surface area contributed by atoms with Gasteiger partial charge in [0, 0.05) is 23.5 Å². The van der Waals surface area contributed by atoms with Crippen LogP contribution in [0.5, 0.6) is 5.75 Å². The first-order chi connectivity index (χ1) is 13.6. The van der Waals surface area contributed by atoms with Crippen molar-refractivity contribution in [2.45, 2.75) is 26.8 Å². The molecule has 1 heterocycles. The minimum absolute atomic E-state index is 0.258. The van der Waals surface area contributed by atoms with Crippen molar-refractivity contribution >= 4 is 17.5 Å². The van der Waals surface area contributed by atoms with Crippen molar-refractivity contribution in [1.29, 1.82) is 0 Å². The number of benzene rings is 2. The molecule has 2 N–H and O–H groups in total. The van der Waals surface area contributed by atoms with Gasteiger partial charge in [0.25, 0.3) is 5.91 Å². The van der Waals surface area contributed by atoms with Gasteiger partial charge in [-0.15, -0.1) is 0 Å². The smallest absolute Gasteiger partial charge is 0.274 e. The van der Waals surface area contributed by atoms with E-state index in [2.05, 4.69) is 27.5 Å². The van der Waals surface area contributed by atoms with Crippen LogP contribution in [-0.2, 0) is 13.0 Å². The molecule has 3 rings (SSSR count). The SMILES string of the molecule is CCc1ccccc1NC(=O)c1cc(C)nc(NCc2ccccc2OC)n1. The molecule has 28 heavy (non-hydrogen) atoms. The summed E-state index contributed by atoms with van der Waals surface area (Å²) in [6.07, 6.45) is 0.838. The highest BCUT2D eigenvalue weighted by Gasteiger charge is 2.13. The van der Waals surface area contributed by atoms with Crippen molar-refractivity contribution in [3.8, 4) is 5.75 Å². The van der Waals surface area contributed by atoms with Crippen molar-refractivity contribution in [1.82, 2.24) is 9.97 Å². The van der Waals surface area contributed by atoms with Gasteiger partial charge in [0.2, 0.25) is 5.95 Å². The molecular weight excluding hydrogens is 352 g/mol. The number of nitrogens with zero attached hydrogens (tertiary/aromatic N) is 2. The highest BCUT2D eigenvalue weighted by Crippen LogP contribution is 2.19. The van der Waals surface area contributed by atoms with Crippen molar-refractivity contribution in [2.24, 2.45) is 0 Å². The van der Waals surface area contributed by atoms with E-state index in [1.165, 1.54) is 0 Å². The predicted molar refractivity (Wildman–Crippen MR) is 111 cm³/mol. The fourth-order valence-corrected chi connectivity index (χ4v) is 2.92. The maximum absolute atomic E-state index is 12.7. The molecule has 0 spiro atoms. The quantitative estimate of drug-likeness (QED) is 0.646. The lowest BCUT2D eigenvalue weighted by Gasteiger charge is -2.12. The molecule has 0 unspecified atom stereocenters. The van der Waals surface area contributed by atoms with Gasteiger partial charge in [0.1, 0.15) is 11.4 Å². The molecule has 0 saturated heterocycles. The van der Waals surface area contributed by atoms with E-state index in [4.69, 9.17) is 4.74 Å². The number of amides is 1. The van der Waals surface area contributed by atoms with E-state index in [-0.39, 0.29) is 5.91 Å². The Kier molecular flexibility index (Phi) is 6.22. The zero-order valence-electron chi connectivity index (χ0n) is 16.3. The molecule has 6 nitrogen and oxygen atoms in total. The number of nitrogens with one attached hydrogen (secondary N) is 2. The molecule has 2 aromatic carbocycles. The van der Waals surface area contributed by atoms with Crippen LogP contribution >= 0.6 is 0 Å². The molecule has 0 bridgehead atoms. The van der Waals surface area contributed by atoms with Crippen LogP contribution in [0.4, 0.5) is 11.6 Å². The van der Waals surface area contributed by atoms with Gasteiger partial charge in [-0.3, -0.25) is 4.79 Å². The molecule has 0 aliphatic heterocycles. The van der Waals surface area contributed by atoms with E-state index in [0.717, 1.165) is 29.0 Å². The van der Waals surface area contributed by atoms with E-state index >= 15 is 0 Å². The number of aryl methyl sites for hydroxylation is 2. The van der Waals surface area contributed by atoms with Crippen molar-refractivity contribution in [3.05, 3.63) is 77.1 Å². The van der Waals surface area contributed by atoms with Crippen LogP contribution in [0, 0.1) is 6.92 Å². The third-order valence-electron chi connectivity index (χ3n) is 4.36. The molecule has 0 aliphatic rings. The first-order valence-electron chi connectivity index (χ1n) is 9.21. The second-order valence-electron chi connectivity index (χ2n) is 6.35. The number of ether oxygens (including phenoxy) is 1. The molecule has 1 amide bonds. The summed E-state index contributed by atoms with van der Waals surface area (Å²) in [6, 6.07) is 17.2. The summed E-state index contributed by atoms with van der Waals surface area (Å²) >= 11 is 0. The van der Waals surface area contributed by atoms with E-state index in [0.29, 0.717) is 23.9 Å². The monoisotopic (exact) mass is 376 g/mol. The third kappa shape index (κ3) is 4.65. The van der Waals surface area contributed by atoms with Crippen LogP contribution in [0.15, 0.2) is 54.6 Å². The number of anilines is 2. The summed E-state index contributed by atoms with van der Waals surface area (Å²) in [4.78, 5) is 21.5. The van der Waals surface area contributed by atoms with Crippen LogP contribution in [0.2, 0.25) is 0 Å². The number of rotatable bonds is 7. The Hall–Kier alpha value is -3.41. The molecule has 144 valence electrons. The highest BCUT2D eigenvalue weighted by molar-refractivity contribution is 6.03. The Morgan fingerprint density at radius 1 is 1.04 bits per heavy atom. The van der Waals surface area contributed by atoms with Gasteiger partial charge in [0.15, 0.2) is 0 Å². The molecule has 0 saturated carbocycles. The van der Waals surface area contributed by atoms with Crippen LogP contribution < -0.4 is 15.4 Å². The van der Waals surface area contributed by atoms with Gasteiger partial charge in [-0.1, -0.05) is 43.3 Å². The second-order valence-corrected chi connectivity index (χ2v) is 6.35. The Bertz CT molecular complexity index is 972. The number of carbonyl (C=O) groups is 1. The molecule has 0 fully saturated rings. The Morgan fingerprint density at radius 2 is 1.75 bits per heavy atom. The lowest BCUT2D eigenvalue weighted by molar-refractivity contribution is 0.102. The van der Waals surface area contributed by atoms with Crippen LogP contribution in [0.25, 0.3) is 0 Å². The first-order valence-corrected chi connectivity index (χ1v) is 9.21. The van der Waals surface area contributed by atoms with E-state index in [1.807, 2.05) is 55.5 Å². The van der Waals surface area contributed by atoms with Crippen molar-refractivity contribution in [2.75, 3.05) is 17.7 Å². The second kappa shape index (κ2) is 8.99. The van der Waals surface area contributed by atoms with Gasteiger partial charge in [-0.25, -0.2) is 9.97 Å². The normalized spacial score (nSPS) is 10.4. The van der Waals surface area contributed by atoms with Crippen molar-refractivity contribution < 1.29 is 9.53 Å². The summed E-state index contributed by atoms with van der Waals surface area (Å²) in [6.45, 7) is 4.39. The molecule has 0 radical (unpaired) electrons. The van der Waals surface area contributed by atoms with Gasteiger partial charge in [-0.2, -0.15) is 0 Å². The lowest BCUT2D eigenvalue weighted by atomic mass is 10.1. The van der Waals surface area contributed by atoms with Crippen LogP contribution in [-0.4, -0.2) is 23.0 Å².